The Bertz CT molecular complexity index is 986. The van der Waals surface area contributed by atoms with Gasteiger partial charge in [0.2, 0.25) is 0 Å². The Balaban J connectivity index is 1.74. The van der Waals surface area contributed by atoms with E-state index in [0.717, 1.165) is 5.69 Å². The molecule has 5 heteroatoms. The fraction of sp³-hybridized carbons (Fsp3) is 0.308. The minimum absolute atomic E-state index is 0.100. The summed E-state index contributed by atoms with van der Waals surface area (Å²) < 4.78 is 5.93. The summed E-state index contributed by atoms with van der Waals surface area (Å²) in [5.74, 6) is 0.686. The molecule has 3 aromatic rings. The first-order valence-corrected chi connectivity index (χ1v) is 10.8. The lowest BCUT2D eigenvalue weighted by Gasteiger charge is -2.29. The third-order valence-corrected chi connectivity index (χ3v) is 5.77. The highest BCUT2D eigenvalue weighted by atomic mass is 35.5. The highest BCUT2D eigenvalue weighted by molar-refractivity contribution is 6.30. The standard InChI is InChI=1S/C26H29ClN2O2/c1-18-10-15-23(16-28-18)31-26(3,4)25(30)29-17-24(21-8-6-5-7-9-21)19(2)20-11-13-22(27)14-12-20/h5-16,19,24H,17H2,1-4H3,(H,29,30). The Kier molecular flexibility index (Phi) is 7.34. The van der Waals surface area contributed by atoms with Crippen LogP contribution < -0.4 is 10.1 Å². The van der Waals surface area contributed by atoms with Crippen LogP contribution in [0.3, 0.4) is 0 Å². The molecule has 1 aromatic heterocycles. The molecule has 1 N–H and O–H groups in total. The van der Waals surface area contributed by atoms with Gasteiger partial charge in [-0.3, -0.25) is 9.78 Å². The zero-order valence-corrected chi connectivity index (χ0v) is 19.2. The highest BCUT2D eigenvalue weighted by Gasteiger charge is 2.31. The lowest BCUT2D eigenvalue weighted by atomic mass is 9.82. The zero-order chi connectivity index (χ0) is 22.4. The summed E-state index contributed by atoms with van der Waals surface area (Å²) in [4.78, 5) is 17.2. The van der Waals surface area contributed by atoms with Crippen molar-refractivity contribution in [3.8, 4) is 5.75 Å². The first-order valence-electron chi connectivity index (χ1n) is 10.5. The van der Waals surface area contributed by atoms with Gasteiger partial charge in [-0.15, -0.1) is 0 Å². The second kappa shape index (κ2) is 9.97. The van der Waals surface area contributed by atoms with Gasteiger partial charge in [0.25, 0.3) is 5.91 Å². The van der Waals surface area contributed by atoms with E-state index in [1.54, 1.807) is 20.0 Å². The topological polar surface area (TPSA) is 51.2 Å². The highest BCUT2D eigenvalue weighted by Crippen LogP contribution is 2.33. The predicted octanol–water partition coefficient (Wildman–Crippen LogP) is 5.90. The number of halogens is 1. The summed E-state index contributed by atoms with van der Waals surface area (Å²) in [6.45, 7) is 8.11. The van der Waals surface area contributed by atoms with E-state index in [-0.39, 0.29) is 17.7 Å². The molecule has 0 spiro atoms. The number of hydrogen-bond acceptors (Lipinski definition) is 3. The number of rotatable bonds is 8. The van der Waals surface area contributed by atoms with Crippen molar-refractivity contribution in [2.24, 2.45) is 0 Å². The van der Waals surface area contributed by atoms with E-state index in [9.17, 15) is 4.79 Å². The minimum Gasteiger partial charge on any atom is -0.476 e. The number of nitrogens with zero attached hydrogens (tertiary/aromatic N) is 1. The molecule has 0 aliphatic carbocycles. The van der Waals surface area contributed by atoms with Crippen LogP contribution in [0.2, 0.25) is 5.02 Å². The molecule has 2 atom stereocenters. The third-order valence-electron chi connectivity index (χ3n) is 5.51. The van der Waals surface area contributed by atoms with Gasteiger partial charge < -0.3 is 10.1 Å². The molecule has 162 valence electrons. The molecule has 0 saturated heterocycles. The average Bonchev–Trinajstić information content (AvgIpc) is 2.76. The lowest BCUT2D eigenvalue weighted by molar-refractivity contribution is -0.134. The van der Waals surface area contributed by atoms with Crippen molar-refractivity contribution < 1.29 is 9.53 Å². The molecule has 31 heavy (non-hydrogen) atoms. The zero-order valence-electron chi connectivity index (χ0n) is 18.4. The quantitative estimate of drug-likeness (QED) is 0.478. The molecule has 0 saturated carbocycles. The second-order valence-electron chi connectivity index (χ2n) is 8.32. The van der Waals surface area contributed by atoms with Crippen molar-refractivity contribution in [2.75, 3.05) is 6.54 Å². The fourth-order valence-electron chi connectivity index (χ4n) is 3.55. The van der Waals surface area contributed by atoms with Crippen molar-refractivity contribution in [3.63, 3.8) is 0 Å². The molecule has 4 nitrogen and oxygen atoms in total. The van der Waals surface area contributed by atoms with Crippen molar-refractivity contribution in [3.05, 3.63) is 94.8 Å². The summed E-state index contributed by atoms with van der Waals surface area (Å²) in [6.07, 6.45) is 1.64. The molecule has 0 aliphatic heterocycles. The van der Waals surface area contributed by atoms with Crippen LogP contribution >= 0.6 is 11.6 Å². The Labute approximate surface area is 189 Å². The molecule has 0 fully saturated rings. The van der Waals surface area contributed by atoms with Gasteiger partial charge >= 0.3 is 0 Å². The number of aryl methyl sites for hydroxylation is 1. The Hall–Kier alpha value is -2.85. The molecule has 0 radical (unpaired) electrons. The molecule has 1 amide bonds. The first-order chi connectivity index (χ1) is 14.8. The molecular weight excluding hydrogens is 408 g/mol. The molecule has 2 aromatic carbocycles. The number of carbonyl (C=O) groups is 1. The van der Waals surface area contributed by atoms with E-state index in [1.807, 2.05) is 61.5 Å². The van der Waals surface area contributed by atoms with Crippen molar-refractivity contribution in [1.29, 1.82) is 0 Å². The molecular formula is C26H29ClN2O2. The average molecular weight is 437 g/mol. The van der Waals surface area contributed by atoms with Crippen LogP contribution in [0, 0.1) is 6.92 Å². The lowest BCUT2D eigenvalue weighted by Crippen LogP contribution is -2.47. The van der Waals surface area contributed by atoms with Crippen molar-refractivity contribution >= 4 is 17.5 Å². The number of aromatic nitrogens is 1. The molecule has 0 bridgehead atoms. The normalized spacial score (nSPS) is 13.3. The number of carbonyl (C=O) groups excluding carboxylic acids is 1. The smallest absolute Gasteiger partial charge is 0.263 e. The molecule has 3 rings (SSSR count). The second-order valence-corrected chi connectivity index (χ2v) is 8.75. The van der Waals surface area contributed by atoms with Crippen LogP contribution in [-0.2, 0) is 4.79 Å². The van der Waals surface area contributed by atoms with Crippen LogP contribution in [0.25, 0.3) is 0 Å². The van der Waals surface area contributed by atoms with Crippen LogP contribution in [0.4, 0.5) is 0 Å². The monoisotopic (exact) mass is 436 g/mol. The Morgan fingerprint density at radius 1 is 1.03 bits per heavy atom. The van der Waals surface area contributed by atoms with E-state index >= 15 is 0 Å². The maximum absolute atomic E-state index is 13.0. The number of ether oxygens (including phenoxy) is 1. The number of pyridine rings is 1. The largest absolute Gasteiger partial charge is 0.476 e. The number of amides is 1. The van der Waals surface area contributed by atoms with Gasteiger partial charge in [0.15, 0.2) is 5.60 Å². The van der Waals surface area contributed by atoms with Gasteiger partial charge in [-0.2, -0.15) is 0 Å². The fourth-order valence-corrected chi connectivity index (χ4v) is 3.68. The van der Waals surface area contributed by atoms with Crippen molar-refractivity contribution in [1.82, 2.24) is 10.3 Å². The maximum Gasteiger partial charge on any atom is 0.263 e. The SMILES string of the molecule is Cc1ccc(OC(C)(C)C(=O)NCC(c2ccccc2)C(C)c2ccc(Cl)cc2)cn1. The molecule has 2 unspecified atom stereocenters. The Morgan fingerprint density at radius 2 is 1.71 bits per heavy atom. The van der Waals surface area contributed by atoms with E-state index in [0.29, 0.717) is 17.3 Å². The number of benzene rings is 2. The van der Waals surface area contributed by atoms with Gasteiger partial charge in [0.1, 0.15) is 5.75 Å². The predicted molar refractivity (Wildman–Crippen MR) is 126 cm³/mol. The van der Waals surface area contributed by atoms with Crippen LogP contribution in [0.5, 0.6) is 5.75 Å². The van der Waals surface area contributed by atoms with E-state index in [4.69, 9.17) is 16.3 Å². The van der Waals surface area contributed by atoms with Crippen LogP contribution in [0.1, 0.15) is 49.4 Å². The van der Waals surface area contributed by atoms with Gasteiger partial charge in [-0.1, -0.05) is 61.0 Å². The summed E-state index contributed by atoms with van der Waals surface area (Å²) >= 11 is 6.07. The summed E-state index contributed by atoms with van der Waals surface area (Å²) in [6, 6.07) is 21.8. The van der Waals surface area contributed by atoms with Crippen LogP contribution in [0.15, 0.2) is 72.9 Å². The van der Waals surface area contributed by atoms with Gasteiger partial charge in [0.05, 0.1) is 6.20 Å². The number of hydrogen-bond donors (Lipinski definition) is 1. The Morgan fingerprint density at radius 3 is 2.32 bits per heavy atom. The summed E-state index contributed by atoms with van der Waals surface area (Å²) in [7, 11) is 0. The summed E-state index contributed by atoms with van der Waals surface area (Å²) in [5, 5.41) is 3.82. The van der Waals surface area contributed by atoms with Crippen LogP contribution in [-0.4, -0.2) is 23.0 Å². The minimum atomic E-state index is -1.03. The third kappa shape index (κ3) is 6.08. The van der Waals surface area contributed by atoms with E-state index < -0.39 is 5.60 Å². The first kappa shape index (κ1) is 22.8. The van der Waals surface area contributed by atoms with Gasteiger partial charge in [-0.25, -0.2) is 0 Å². The van der Waals surface area contributed by atoms with E-state index in [1.165, 1.54) is 11.1 Å². The van der Waals surface area contributed by atoms with Gasteiger partial charge in [-0.05, 0) is 62.1 Å². The maximum atomic E-state index is 13.0. The van der Waals surface area contributed by atoms with Gasteiger partial charge in [0, 0.05) is 23.2 Å². The number of nitrogens with one attached hydrogen (secondary N) is 1. The van der Waals surface area contributed by atoms with Crippen molar-refractivity contribution in [2.45, 2.75) is 45.1 Å². The summed E-state index contributed by atoms with van der Waals surface area (Å²) in [5.41, 5.74) is 2.22. The molecule has 1 heterocycles. The molecule has 0 aliphatic rings. The van der Waals surface area contributed by atoms with E-state index in [2.05, 4.69) is 29.4 Å².